The molecule has 1 N–H and O–H groups in total. The molecule has 2 aromatic heterocycles. The molecule has 7 nitrogen and oxygen atoms in total. The molecule has 3 heterocycles. The van der Waals surface area contributed by atoms with Crippen LogP contribution in [0, 0.1) is 5.92 Å². The Morgan fingerprint density at radius 3 is 2.64 bits per heavy atom. The Labute approximate surface area is 147 Å². The Hall–Kier alpha value is -1.96. The van der Waals surface area contributed by atoms with Crippen molar-refractivity contribution in [2.45, 2.75) is 45.7 Å². The summed E-state index contributed by atoms with van der Waals surface area (Å²) in [5.74, 6) is 0.332. The van der Waals surface area contributed by atoms with Crippen molar-refractivity contribution in [3.8, 4) is 0 Å². The minimum absolute atomic E-state index is 0.138. The van der Waals surface area contributed by atoms with E-state index < -0.39 is 15.4 Å². The van der Waals surface area contributed by atoms with E-state index in [1.54, 1.807) is 23.1 Å². The van der Waals surface area contributed by atoms with Crippen molar-refractivity contribution in [3.63, 3.8) is 0 Å². The van der Waals surface area contributed by atoms with Crippen LogP contribution in [0.2, 0.25) is 0 Å². The highest BCUT2D eigenvalue weighted by Gasteiger charge is 2.36. The number of sulfone groups is 1. The summed E-state index contributed by atoms with van der Waals surface area (Å²) in [5, 5.41) is 8.13. The van der Waals surface area contributed by atoms with Crippen molar-refractivity contribution >= 4 is 26.8 Å². The summed E-state index contributed by atoms with van der Waals surface area (Å²) in [6, 6.07) is 1.79. The maximum Gasteiger partial charge on any atom is 0.253 e. The average molecular weight is 364 g/mol. The molecule has 0 atom stereocenters. The molecule has 0 aromatic carbocycles. The van der Waals surface area contributed by atoms with Gasteiger partial charge < -0.3 is 5.32 Å². The van der Waals surface area contributed by atoms with Crippen molar-refractivity contribution < 1.29 is 13.2 Å². The summed E-state index contributed by atoms with van der Waals surface area (Å²) >= 11 is 0. The number of aromatic nitrogens is 3. The predicted octanol–water partition coefficient (Wildman–Crippen LogP) is 1.78. The lowest BCUT2D eigenvalue weighted by atomic mass is 9.83. The summed E-state index contributed by atoms with van der Waals surface area (Å²) in [6.45, 7) is 6.62. The smallest absolute Gasteiger partial charge is 0.253 e. The topological polar surface area (TPSA) is 94.0 Å². The Morgan fingerprint density at radius 1 is 1.32 bits per heavy atom. The lowest BCUT2D eigenvalue weighted by molar-refractivity contribution is 0.0874. The van der Waals surface area contributed by atoms with Gasteiger partial charge in [0.2, 0.25) is 0 Å². The second-order valence-corrected chi connectivity index (χ2v) is 9.50. The van der Waals surface area contributed by atoms with Crippen LogP contribution in [-0.4, -0.2) is 46.1 Å². The third-order valence-corrected chi connectivity index (χ3v) is 6.76. The van der Waals surface area contributed by atoms with Gasteiger partial charge >= 0.3 is 0 Å². The molecule has 3 rings (SSSR count). The molecule has 0 aliphatic carbocycles. The maximum atomic E-state index is 12.7. The van der Waals surface area contributed by atoms with Gasteiger partial charge in [-0.1, -0.05) is 0 Å². The first-order valence-electron chi connectivity index (χ1n) is 8.56. The highest BCUT2D eigenvalue weighted by molar-refractivity contribution is 7.91. The number of amides is 1. The maximum absolute atomic E-state index is 12.7. The number of fused-ring (bicyclic) bond motifs is 1. The van der Waals surface area contributed by atoms with Crippen molar-refractivity contribution in [1.29, 1.82) is 0 Å². The second kappa shape index (κ2) is 6.40. The largest absolute Gasteiger partial charge is 0.347 e. The van der Waals surface area contributed by atoms with Crippen LogP contribution < -0.4 is 5.32 Å². The first kappa shape index (κ1) is 17.8. The lowest BCUT2D eigenvalue weighted by Gasteiger charge is -2.37. The Morgan fingerprint density at radius 2 is 2.00 bits per heavy atom. The van der Waals surface area contributed by atoms with Crippen LogP contribution >= 0.6 is 0 Å². The fourth-order valence-electron chi connectivity index (χ4n) is 3.41. The van der Waals surface area contributed by atoms with Crippen molar-refractivity contribution in [1.82, 2.24) is 20.1 Å². The van der Waals surface area contributed by atoms with Crippen LogP contribution in [0.5, 0.6) is 0 Å². The summed E-state index contributed by atoms with van der Waals surface area (Å²) in [5.41, 5.74) is 0.769. The number of hydrogen-bond acceptors (Lipinski definition) is 5. The van der Waals surface area contributed by atoms with E-state index in [2.05, 4.69) is 15.4 Å². The number of carbonyl (C=O) groups is 1. The zero-order valence-electron chi connectivity index (χ0n) is 14.8. The van der Waals surface area contributed by atoms with Crippen molar-refractivity contribution in [2.24, 2.45) is 5.92 Å². The molecular weight excluding hydrogens is 340 g/mol. The molecule has 0 unspecified atom stereocenters. The number of aryl methyl sites for hydroxylation is 1. The van der Waals surface area contributed by atoms with Gasteiger partial charge in [-0.05, 0) is 45.6 Å². The van der Waals surface area contributed by atoms with Crippen LogP contribution in [-0.2, 0) is 16.4 Å². The normalized spacial score (nSPS) is 18.4. The lowest BCUT2D eigenvalue weighted by Crippen LogP contribution is -2.51. The van der Waals surface area contributed by atoms with E-state index in [0.717, 1.165) is 17.6 Å². The van der Waals surface area contributed by atoms with Gasteiger partial charge in [0.05, 0.1) is 23.3 Å². The average Bonchev–Trinajstić information content (AvgIpc) is 2.96. The molecular formula is C17H24N4O3S. The van der Waals surface area contributed by atoms with E-state index >= 15 is 0 Å². The fourth-order valence-corrected chi connectivity index (χ4v) is 4.90. The zero-order chi connectivity index (χ0) is 18.2. The van der Waals surface area contributed by atoms with Crippen molar-refractivity contribution in [3.05, 3.63) is 24.0 Å². The Bertz CT molecular complexity index is 888. The van der Waals surface area contributed by atoms with E-state index in [0.29, 0.717) is 18.4 Å². The van der Waals surface area contributed by atoms with Crippen molar-refractivity contribution in [2.75, 3.05) is 11.5 Å². The second-order valence-electron chi connectivity index (χ2n) is 7.20. The predicted molar refractivity (Wildman–Crippen MR) is 96.1 cm³/mol. The number of nitrogens with zero attached hydrogens (tertiary/aromatic N) is 3. The minimum Gasteiger partial charge on any atom is -0.347 e. The SMILES string of the molecule is CCn1ncc2cc(C(=O)NC(C)(C)C3CCS(=O)(=O)CC3)cnc21. The number of hydrogen-bond donors (Lipinski definition) is 1. The van der Waals surface area contributed by atoms with E-state index in [-0.39, 0.29) is 23.3 Å². The molecule has 1 saturated heterocycles. The van der Waals surface area contributed by atoms with Crippen LogP contribution in [0.25, 0.3) is 11.0 Å². The Kier molecular flexibility index (Phi) is 4.57. The molecule has 1 aliphatic rings. The standard InChI is InChI=1S/C17H24N4O3S/c1-4-21-15-12(11-19-21)9-13(10-18-15)16(22)20-17(2,3)14-5-7-25(23,24)8-6-14/h9-11,14H,4-8H2,1-3H3,(H,20,22). The quantitative estimate of drug-likeness (QED) is 0.892. The van der Waals surface area contributed by atoms with E-state index in [9.17, 15) is 13.2 Å². The zero-order valence-corrected chi connectivity index (χ0v) is 15.6. The third kappa shape index (κ3) is 3.68. The molecule has 136 valence electrons. The summed E-state index contributed by atoms with van der Waals surface area (Å²) in [6.07, 6.45) is 4.43. The van der Waals surface area contributed by atoms with Crippen LogP contribution in [0.3, 0.4) is 0 Å². The summed E-state index contributed by atoms with van der Waals surface area (Å²) < 4.78 is 25.0. The summed E-state index contributed by atoms with van der Waals surface area (Å²) in [4.78, 5) is 17.0. The number of rotatable bonds is 4. The fraction of sp³-hybridized carbons (Fsp3) is 0.588. The number of carbonyl (C=O) groups excluding carboxylic acids is 1. The molecule has 1 aliphatic heterocycles. The first-order valence-corrected chi connectivity index (χ1v) is 10.4. The van der Waals surface area contributed by atoms with Gasteiger partial charge in [0, 0.05) is 23.7 Å². The molecule has 1 fully saturated rings. The monoisotopic (exact) mass is 364 g/mol. The highest BCUT2D eigenvalue weighted by atomic mass is 32.2. The van der Waals surface area contributed by atoms with Gasteiger partial charge in [-0.2, -0.15) is 5.10 Å². The van der Waals surface area contributed by atoms with Crippen LogP contribution in [0.15, 0.2) is 18.5 Å². The molecule has 2 aromatic rings. The molecule has 8 heteroatoms. The minimum atomic E-state index is -2.91. The molecule has 0 spiro atoms. The number of pyridine rings is 1. The highest BCUT2D eigenvalue weighted by Crippen LogP contribution is 2.29. The van der Waals surface area contributed by atoms with Gasteiger partial charge in [0.25, 0.3) is 5.91 Å². The number of nitrogens with one attached hydrogen (secondary N) is 1. The van der Waals surface area contributed by atoms with Gasteiger partial charge in [-0.25, -0.2) is 18.1 Å². The van der Waals surface area contributed by atoms with Gasteiger partial charge in [0.1, 0.15) is 9.84 Å². The molecule has 0 radical (unpaired) electrons. The molecule has 0 saturated carbocycles. The first-order chi connectivity index (χ1) is 11.7. The van der Waals surface area contributed by atoms with Gasteiger partial charge in [-0.15, -0.1) is 0 Å². The molecule has 0 bridgehead atoms. The van der Waals surface area contributed by atoms with Gasteiger partial charge in [0.15, 0.2) is 5.65 Å². The van der Waals surface area contributed by atoms with E-state index in [1.165, 1.54) is 0 Å². The Balaban J connectivity index is 1.74. The van der Waals surface area contributed by atoms with Crippen LogP contribution in [0.4, 0.5) is 0 Å². The molecule has 25 heavy (non-hydrogen) atoms. The van der Waals surface area contributed by atoms with Gasteiger partial charge in [-0.3, -0.25) is 4.79 Å². The molecule has 1 amide bonds. The third-order valence-electron chi connectivity index (χ3n) is 5.05. The van der Waals surface area contributed by atoms with E-state index in [4.69, 9.17) is 0 Å². The van der Waals surface area contributed by atoms with Crippen LogP contribution in [0.1, 0.15) is 44.0 Å². The van der Waals surface area contributed by atoms with E-state index in [1.807, 2.05) is 20.8 Å². The summed E-state index contributed by atoms with van der Waals surface area (Å²) in [7, 11) is -2.91.